The van der Waals surface area contributed by atoms with Crippen LogP contribution in [-0.2, 0) is 20.7 Å². The number of thioether (sulfide) groups is 1. The Morgan fingerprint density at radius 1 is 1.33 bits per heavy atom. The Morgan fingerprint density at radius 3 is 2.67 bits per heavy atom. The van der Waals surface area contributed by atoms with E-state index in [1.807, 2.05) is 32.9 Å². The topological polar surface area (TPSA) is 59.0 Å². The van der Waals surface area contributed by atoms with Crippen molar-refractivity contribution in [3.63, 3.8) is 0 Å². The summed E-state index contributed by atoms with van der Waals surface area (Å²) in [5.74, 6) is 0.568. The van der Waals surface area contributed by atoms with Crippen molar-refractivity contribution >= 4 is 28.8 Å². The lowest BCUT2D eigenvalue weighted by Crippen LogP contribution is -2.45. The number of benzene rings is 1. The number of hydrogen-bond donors (Lipinski definition) is 0. The van der Waals surface area contributed by atoms with E-state index in [-0.39, 0.29) is 11.8 Å². The number of amidine groups is 1. The summed E-state index contributed by atoms with van der Waals surface area (Å²) in [5.41, 5.74) is 3.21. The summed E-state index contributed by atoms with van der Waals surface area (Å²) >= 11 is 1.56. The number of carbonyl (C=O) groups excluding carboxylic acids is 2. The summed E-state index contributed by atoms with van der Waals surface area (Å²) < 4.78 is 5.51. The van der Waals surface area contributed by atoms with Gasteiger partial charge in [-0.05, 0) is 30.4 Å². The molecule has 2 aliphatic rings. The molecule has 1 saturated heterocycles. The molecule has 0 bridgehead atoms. The predicted molar refractivity (Wildman–Crippen MR) is 108 cm³/mol. The smallest absolute Gasteiger partial charge is 0.338 e. The number of esters is 1. The van der Waals surface area contributed by atoms with Crippen molar-refractivity contribution in [2.45, 2.75) is 46.6 Å². The fourth-order valence-electron chi connectivity index (χ4n) is 3.23. The number of ether oxygens (including phenoxy) is 1. The Balaban J connectivity index is 2.05. The largest absolute Gasteiger partial charge is 0.462 e. The van der Waals surface area contributed by atoms with Crippen LogP contribution in [0.2, 0.25) is 0 Å². The molecule has 0 spiro atoms. The maximum atomic E-state index is 12.9. The fraction of sp³-hybridized carbons (Fsp3) is 0.476. The van der Waals surface area contributed by atoms with Crippen LogP contribution >= 0.6 is 11.8 Å². The second-order valence-corrected chi connectivity index (χ2v) is 8.31. The van der Waals surface area contributed by atoms with Crippen LogP contribution in [0.25, 0.3) is 0 Å². The van der Waals surface area contributed by atoms with Crippen LogP contribution in [0.3, 0.4) is 0 Å². The molecule has 1 aromatic carbocycles. The molecule has 0 radical (unpaired) electrons. The zero-order valence-electron chi connectivity index (χ0n) is 16.3. The van der Waals surface area contributed by atoms with Crippen LogP contribution in [0.4, 0.5) is 0 Å². The van der Waals surface area contributed by atoms with Gasteiger partial charge in [-0.1, -0.05) is 56.8 Å². The molecule has 0 aliphatic carbocycles. The average molecular weight is 387 g/mol. The normalized spacial score (nSPS) is 19.9. The molecule has 6 heteroatoms. The zero-order chi connectivity index (χ0) is 19.6. The highest BCUT2D eigenvalue weighted by molar-refractivity contribution is 8.14. The van der Waals surface area contributed by atoms with Gasteiger partial charge in [-0.15, -0.1) is 0 Å². The first-order chi connectivity index (χ1) is 12.9. The third kappa shape index (κ3) is 4.10. The molecule has 144 valence electrons. The number of fused-ring (bicyclic) bond motifs is 1. The molecule has 3 rings (SSSR count). The van der Waals surface area contributed by atoms with E-state index in [2.05, 4.69) is 24.0 Å². The van der Waals surface area contributed by atoms with Crippen molar-refractivity contribution < 1.29 is 14.3 Å². The molecule has 2 aliphatic heterocycles. The molecule has 1 fully saturated rings. The zero-order valence-corrected chi connectivity index (χ0v) is 17.1. The van der Waals surface area contributed by atoms with Crippen LogP contribution < -0.4 is 0 Å². The van der Waals surface area contributed by atoms with Gasteiger partial charge in [0.2, 0.25) is 5.91 Å². The van der Waals surface area contributed by atoms with Gasteiger partial charge in [0.15, 0.2) is 5.17 Å². The van der Waals surface area contributed by atoms with E-state index in [4.69, 9.17) is 4.74 Å². The Kier molecular flexibility index (Phi) is 6.05. The minimum Gasteiger partial charge on any atom is -0.462 e. The van der Waals surface area contributed by atoms with E-state index >= 15 is 0 Å². The van der Waals surface area contributed by atoms with Crippen molar-refractivity contribution in [3.8, 4) is 0 Å². The molecule has 1 aromatic rings. The first-order valence-corrected chi connectivity index (χ1v) is 10.4. The lowest BCUT2D eigenvalue weighted by molar-refractivity contribution is -0.141. The Labute approximate surface area is 164 Å². The van der Waals surface area contributed by atoms with E-state index in [9.17, 15) is 9.59 Å². The van der Waals surface area contributed by atoms with Crippen molar-refractivity contribution in [1.82, 2.24) is 4.90 Å². The molecule has 2 heterocycles. The summed E-state index contributed by atoms with van der Waals surface area (Å²) in [7, 11) is 0. The molecular formula is C21H26N2O3S. The summed E-state index contributed by atoms with van der Waals surface area (Å²) in [4.78, 5) is 31.9. The van der Waals surface area contributed by atoms with Crippen molar-refractivity contribution in [1.29, 1.82) is 0 Å². The molecule has 5 nitrogen and oxygen atoms in total. The number of aliphatic imine (C=N–C) groups is 1. The Bertz CT molecular complexity index is 796. The molecule has 1 unspecified atom stereocenters. The SMILES string of the molecule is CCc1ccc(C2C(C(=O)OCC(C)C)=C(C)N=C3SCCC(=O)N32)cc1. The summed E-state index contributed by atoms with van der Waals surface area (Å²) in [6.07, 6.45) is 1.38. The molecule has 1 atom stereocenters. The van der Waals surface area contributed by atoms with Crippen LogP contribution in [0.15, 0.2) is 40.5 Å². The highest BCUT2D eigenvalue weighted by atomic mass is 32.2. The minimum atomic E-state index is -0.483. The third-order valence-electron chi connectivity index (χ3n) is 4.68. The van der Waals surface area contributed by atoms with E-state index in [1.54, 1.807) is 16.7 Å². The van der Waals surface area contributed by atoms with E-state index < -0.39 is 12.0 Å². The van der Waals surface area contributed by atoms with Crippen LogP contribution in [0.1, 0.15) is 51.3 Å². The highest BCUT2D eigenvalue weighted by Gasteiger charge is 2.41. The molecule has 1 amide bonds. The summed E-state index contributed by atoms with van der Waals surface area (Å²) in [6, 6.07) is 7.62. The third-order valence-corrected chi connectivity index (χ3v) is 5.63. The number of allylic oxidation sites excluding steroid dienone is 1. The van der Waals surface area contributed by atoms with Gasteiger partial charge in [0, 0.05) is 12.2 Å². The monoisotopic (exact) mass is 386 g/mol. The van der Waals surface area contributed by atoms with Gasteiger partial charge in [0.1, 0.15) is 0 Å². The van der Waals surface area contributed by atoms with E-state index in [0.29, 0.717) is 29.5 Å². The maximum absolute atomic E-state index is 12.9. The lowest BCUT2D eigenvalue weighted by Gasteiger charge is -2.39. The average Bonchev–Trinajstić information content (AvgIpc) is 2.65. The second kappa shape index (κ2) is 8.30. The number of hydrogen-bond acceptors (Lipinski definition) is 5. The molecule has 0 aromatic heterocycles. The number of amides is 1. The van der Waals surface area contributed by atoms with E-state index in [1.165, 1.54) is 5.56 Å². The standard InChI is InChI=1S/C21H26N2O3S/c1-5-15-6-8-16(9-7-15)19-18(20(25)26-12-13(2)3)14(4)22-21-23(19)17(24)10-11-27-21/h6-9,13,19H,5,10-12H2,1-4H3. The quantitative estimate of drug-likeness (QED) is 0.715. The lowest BCUT2D eigenvalue weighted by atomic mass is 9.93. The molecular weight excluding hydrogens is 360 g/mol. The molecule has 0 saturated carbocycles. The van der Waals surface area contributed by atoms with E-state index in [0.717, 1.165) is 17.7 Å². The predicted octanol–water partition coefficient (Wildman–Crippen LogP) is 4.10. The molecule has 27 heavy (non-hydrogen) atoms. The van der Waals surface area contributed by atoms with Gasteiger partial charge in [-0.25, -0.2) is 9.79 Å². The summed E-state index contributed by atoms with van der Waals surface area (Å²) in [5, 5.41) is 0.675. The van der Waals surface area contributed by atoms with Gasteiger partial charge in [0.05, 0.1) is 23.9 Å². The molecule has 0 N–H and O–H groups in total. The first kappa shape index (κ1) is 19.7. The van der Waals surface area contributed by atoms with Crippen molar-refractivity contribution in [2.75, 3.05) is 12.4 Å². The van der Waals surface area contributed by atoms with Crippen molar-refractivity contribution in [2.24, 2.45) is 10.9 Å². The second-order valence-electron chi connectivity index (χ2n) is 7.25. The number of aryl methyl sites for hydroxylation is 1. The number of carbonyl (C=O) groups is 2. The van der Waals surface area contributed by atoms with Crippen LogP contribution in [0, 0.1) is 5.92 Å². The van der Waals surface area contributed by atoms with Gasteiger partial charge in [-0.3, -0.25) is 9.69 Å². The summed E-state index contributed by atoms with van der Waals surface area (Å²) in [6.45, 7) is 8.26. The fourth-order valence-corrected chi connectivity index (χ4v) is 4.24. The van der Waals surface area contributed by atoms with Gasteiger partial charge in [-0.2, -0.15) is 0 Å². The van der Waals surface area contributed by atoms with Gasteiger partial charge >= 0.3 is 5.97 Å². The van der Waals surface area contributed by atoms with Crippen LogP contribution in [-0.4, -0.2) is 34.3 Å². The van der Waals surface area contributed by atoms with Crippen molar-refractivity contribution in [3.05, 3.63) is 46.7 Å². The first-order valence-electron chi connectivity index (χ1n) is 9.42. The minimum absolute atomic E-state index is 0.00118. The maximum Gasteiger partial charge on any atom is 0.338 e. The number of rotatable bonds is 5. The number of nitrogens with zero attached hydrogens (tertiary/aromatic N) is 2. The Morgan fingerprint density at radius 2 is 2.04 bits per heavy atom. The Hall–Kier alpha value is -2.08. The van der Waals surface area contributed by atoms with Crippen LogP contribution in [0.5, 0.6) is 0 Å². The van der Waals surface area contributed by atoms with Gasteiger partial charge < -0.3 is 4.74 Å². The highest BCUT2D eigenvalue weighted by Crippen LogP contribution is 2.40. The van der Waals surface area contributed by atoms with Gasteiger partial charge in [0.25, 0.3) is 0 Å².